The number of hydrogen-bond acceptors (Lipinski definition) is 6. The summed E-state index contributed by atoms with van der Waals surface area (Å²) in [5, 5.41) is 11.4. The SMILES string of the molecule is CCOc1ccc2nc(SC(C(=O)NCCO)c3ccc(C)cc3)sc2c1. The van der Waals surface area contributed by atoms with E-state index in [2.05, 4.69) is 10.3 Å². The minimum absolute atomic E-state index is 0.0850. The van der Waals surface area contributed by atoms with Gasteiger partial charge in [0.05, 0.1) is 23.4 Å². The first kappa shape index (κ1) is 19.7. The van der Waals surface area contributed by atoms with Crippen LogP contribution >= 0.6 is 23.1 Å². The van der Waals surface area contributed by atoms with Crippen LogP contribution in [0.3, 0.4) is 0 Å². The number of aryl methyl sites for hydroxylation is 1. The molecule has 0 saturated heterocycles. The summed E-state index contributed by atoms with van der Waals surface area (Å²) in [6.07, 6.45) is 0. The molecule has 5 nitrogen and oxygen atoms in total. The summed E-state index contributed by atoms with van der Waals surface area (Å²) in [6, 6.07) is 13.7. The van der Waals surface area contributed by atoms with Crippen LogP contribution in [0.4, 0.5) is 0 Å². The molecule has 0 fully saturated rings. The average molecular weight is 403 g/mol. The molecular weight excluding hydrogens is 380 g/mol. The molecule has 0 radical (unpaired) electrons. The number of thiazole rings is 1. The highest BCUT2D eigenvalue weighted by Crippen LogP contribution is 2.40. The molecule has 0 saturated carbocycles. The van der Waals surface area contributed by atoms with Gasteiger partial charge in [-0.05, 0) is 37.6 Å². The van der Waals surface area contributed by atoms with Crippen molar-refractivity contribution in [2.24, 2.45) is 0 Å². The number of fused-ring (bicyclic) bond motifs is 1. The fourth-order valence-corrected chi connectivity index (χ4v) is 4.89. The average Bonchev–Trinajstić information content (AvgIpc) is 3.07. The van der Waals surface area contributed by atoms with Gasteiger partial charge in [-0.1, -0.05) is 41.6 Å². The lowest BCUT2D eigenvalue weighted by Gasteiger charge is -2.15. The fourth-order valence-electron chi connectivity index (χ4n) is 2.58. The molecule has 142 valence electrons. The van der Waals surface area contributed by atoms with Gasteiger partial charge in [0, 0.05) is 6.54 Å². The predicted octanol–water partition coefficient (Wildman–Crippen LogP) is 3.95. The van der Waals surface area contributed by atoms with Crippen molar-refractivity contribution in [1.29, 1.82) is 0 Å². The summed E-state index contributed by atoms with van der Waals surface area (Å²) >= 11 is 2.97. The second-order valence-electron chi connectivity index (χ2n) is 5.97. The van der Waals surface area contributed by atoms with E-state index in [1.54, 1.807) is 11.3 Å². The number of ether oxygens (including phenoxy) is 1. The zero-order valence-corrected chi connectivity index (χ0v) is 16.9. The Morgan fingerprint density at radius 1 is 1.30 bits per heavy atom. The van der Waals surface area contributed by atoms with Crippen molar-refractivity contribution in [3.05, 3.63) is 53.6 Å². The third-order valence-corrected chi connectivity index (χ3v) is 6.27. The van der Waals surface area contributed by atoms with Crippen LogP contribution in [0.25, 0.3) is 10.2 Å². The highest BCUT2D eigenvalue weighted by Gasteiger charge is 2.23. The molecule has 1 heterocycles. The van der Waals surface area contributed by atoms with Gasteiger partial charge in [0.1, 0.15) is 11.0 Å². The molecule has 3 rings (SSSR count). The molecule has 7 heteroatoms. The van der Waals surface area contributed by atoms with Crippen LogP contribution in [0, 0.1) is 6.92 Å². The largest absolute Gasteiger partial charge is 0.494 e. The van der Waals surface area contributed by atoms with Crippen molar-refractivity contribution in [3.63, 3.8) is 0 Å². The summed E-state index contributed by atoms with van der Waals surface area (Å²) in [5.74, 6) is 0.688. The van der Waals surface area contributed by atoms with Gasteiger partial charge in [0.15, 0.2) is 4.34 Å². The summed E-state index contributed by atoms with van der Waals surface area (Å²) in [4.78, 5) is 17.3. The van der Waals surface area contributed by atoms with E-state index in [0.29, 0.717) is 6.61 Å². The molecule has 0 aliphatic heterocycles. The highest BCUT2D eigenvalue weighted by molar-refractivity contribution is 8.02. The lowest BCUT2D eigenvalue weighted by Crippen LogP contribution is -2.30. The van der Waals surface area contributed by atoms with Crippen molar-refractivity contribution in [2.75, 3.05) is 19.8 Å². The fraction of sp³-hybridized carbons (Fsp3) is 0.300. The van der Waals surface area contributed by atoms with Crippen LogP contribution in [0.5, 0.6) is 5.75 Å². The third kappa shape index (κ3) is 5.00. The Morgan fingerprint density at radius 2 is 2.07 bits per heavy atom. The van der Waals surface area contributed by atoms with Gasteiger partial charge in [-0.3, -0.25) is 4.79 Å². The zero-order valence-electron chi connectivity index (χ0n) is 15.3. The number of rotatable bonds is 8. The number of aliphatic hydroxyl groups is 1. The normalized spacial score (nSPS) is 12.1. The molecule has 0 spiro atoms. The number of carbonyl (C=O) groups excluding carboxylic acids is 1. The zero-order chi connectivity index (χ0) is 19.2. The van der Waals surface area contributed by atoms with E-state index in [4.69, 9.17) is 9.84 Å². The van der Waals surface area contributed by atoms with Gasteiger partial charge in [-0.25, -0.2) is 4.98 Å². The van der Waals surface area contributed by atoms with Gasteiger partial charge in [0.2, 0.25) is 5.91 Å². The van der Waals surface area contributed by atoms with Gasteiger partial charge >= 0.3 is 0 Å². The van der Waals surface area contributed by atoms with E-state index in [1.807, 2.05) is 56.3 Å². The second kappa shape index (κ2) is 9.21. The van der Waals surface area contributed by atoms with E-state index >= 15 is 0 Å². The van der Waals surface area contributed by atoms with Crippen LogP contribution < -0.4 is 10.1 Å². The van der Waals surface area contributed by atoms with Crippen LogP contribution in [0.15, 0.2) is 46.8 Å². The Kier molecular flexibility index (Phi) is 6.71. The molecule has 0 aliphatic rings. The Balaban J connectivity index is 1.87. The van der Waals surface area contributed by atoms with Gasteiger partial charge in [-0.2, -0.15) is 0 Å². The summed E-state index contributed by atoms with van der Waals surface area (Å²) < 4.78 is 7.40. The van der Waals surface area contributed by atoms with E-state index < -0.39 is 5.25 Å². The molecule has 1 amide bonds. The first-order chi connectivity index (χ1) is 13.1. The number of hydrogen-bond donors (Lipinski definition) is 2. The second-order valence-corrected chi connectivity index (χ2v) is 8.35. The summed E-state index contributed by atoms with van der Waals surface area (Å²) in [7, 11) is 0. The molecule has 3 aromatic rings. The van der Waals surface area contributed by atoms with Crippen molar-refractivity contribution >= 4 is 39.2 Å². The monoisotopic (exact) mass is 402 g/mol. The van der Waals surface area contributed by atoms with E-state index in [0.717, 1.165) is 31.4 Å². The number of amides is 1. The lowest BCUT2D eigenvalue weighted by molar-refractivity contribution is -0.120. The smallest absolute Gasteiger partial charge is 0.238 e. The molecular formula is C20H22N2O3S2. The summed E-state index contributed by atoms with van der Waals surface area (Å²) in [5.41, 5.74) is 2.95. The van der Waals surface area contributed by atoms with Gasteiger partial charge < -0.3 is 15.2 Å². The van der Waals surface area contributed by atoms with Gasteiger partial charge in [0.25, 0.3) is 0 Å². The summed E-state index contributed by atoms with van der Waals surface area (Å²) in [6.45, 7) is 4.74. The maximum atomic E-state index is 12.7. The molecule has 1 atom stereocenters. The number of benzene rings is 2. The van der Waals surface area contributed by atoms with Gasteiger partial charge in [-0.15, -0.1) is 11.3 Å². The quantitative estimate of drug-likeness (QED) is 0.558. The number of aliphatic hydroxyl groups excluding tert-OH is 1. The van der Waals surface area contributed by atoms with E-state index in [-0.39, 0.29) is 19.1 Å². The molecule has 1 unspecified atom stereocenters. The van der Waals surface area contributed by atoms with Crippen LogP contribution in [0.1, 0.15) is 23.3 Å². The molecule has 2 aromatic carbocycles. The Hall–Kier alpha value is -2.09. The number of aromatic nitrogens is 1. The predicted molar refractivity (Wildman–Crippen MR) is 111 cm³/mol. The van der Waals surface area contributed by atoms with Crippen LogP contribution in [-0.4, -0.2) is 35.8 Å². The molecule has 1 aromatic heterocycles. The number of carbonyl (C=O) groups is 1. The number of thioether (sulfide) groups is 1. The maximum absolute atomic E-state index is 12.7. The minimum atomic E-state index is -0.427. The Labute approximate surface area is 166 Å². The van der Waals surface area contributed by atoms with Crippen molar-refractivity contribution in [3.8, 4) is 5.75 Å². The number of nitrogens with zero attached hydrogens (tertiary/aromatic N) is 1. The van der Waals surface area contributed by atoms with E-state index in [1.165, 1.54) is 11.8 Å². The van der Waals surface area contributed by atoms with Crippen molar-refractivity contribution in [2.45, 2.75) is 23.4 Å². The van der Waals surface area contributed by atoms with Crippen molar-refractivity contribution < 1.29 is 14.6 Å². The van der Waals surface area contributed by atoms with Crippen LogP contribution in [-0.2, 0) is 4.79 Å². The van der Waals surface area contributed by atoms with Crippen LogP contribution in [0.2, 0.25) is 0 Å². The van der Waals surface area contributed by atoms with Crippen molar-refractivity contribution in [1.82, 2.24) is 10.3 Å². The minimum Gasteiger partial charge on any atom is -0.494 e. The highest BCUT2D eigenvalue weighted by atomic mass is 32.2. The molecule has 27 heavy (non-hydrogen) atoms. The van der Waals surface area contributed by atoms with E-state index in [9.17, 15) is 4.79 Å². The Bertz CT molecular complexity index is 909. The maximum Gasteiger partial charge on any atom is 0.238 e. The number of nitrogens with one attached hydrogen (secondary N) is 1. The first-order valence-corrected chi connectivity index (χ1v) is 10.5. The lowest BCUT2D eigenvalue weighted by atomic mass is 10.1. The third-order valence-electron chi connectivity index (χ3n) is 3.90. The molecule has 0 aliphatic carbocycles. The first-order valence-electron chi connectivity index (χ1n) is 8.76. The molecule has 0 bridgehead atoms. The molecule has 2 N–H and O–H groups in total. The Morgan fingerprint density at radius 3 is 2.78 bits per heavy atom. The standard InChI is InChI=1S/C20H22N2O3S2/c1-3-25-15-8-9-16-17(12-15)26-20(22-16)27-18(19(24)21-10-11-23)14-6-4-13(2)5-7-14/h4-9,12,18,23H,3,10-11H2,1-2H3,(H,21,24). The topological polar surface area (TPSA) is 71.5 Å².